The summed E-state index contributed by atoms with van der Waals surface area (Å²) in [5.74, 6) is 0.258. The average molecular weight is 572 g/mol. The van der Waals surface area contributed by atoms with Crippen molar-refractivity contribution in [3.8, 4) is 22.5 Å². The lowest BCUT2D eigenvalue weighted by molar-refractivity contribution is 0.102. The lowest BCUT2D eigenvalue weighted by Crippen LogP contribution is -2.31. The number of aromatic nitrogens is 5. The van der Waals surface area contributed by atoms with E-state index in [-0.39, 0.29) is 28.9 Å². The monoisotopic (exact) mass is 571 g/mol. The smallest absolute Gasteiger partial charge is 0.263 e. The Labute approximate surface area is 243 Å². The van der Waals surface area contributed by atoms with Crippen LogP contribution in [0.25, 0.3) is 22.5 Å². The number of aryl methyl sites for hydroxylation is 1. The number of nitrogens with one attached hydrogen (secondary N) is 1. The van der Waals surface area contributed by atoms with Gasteiger partial charge < -0.3 is 19.2 Å². The van der Waals surface area contributed by atoms with E-state index in [1.165, 1.54) is 12.1 Å². The van der Waals surface area contributed by atoms with Crippen LogP contribution in [-0.4, -0.2) is 62.4 Å². The topological polar surface area (TPSA) is 107 Å². The van der Waals surface area contributed by atoms with Gasteiger partial charge in [0.05, 0.1) is 6.61 Å². The van der Waals surface area contributed by atoms with Gasteiger partial charge in [0.15, 0.2) is 5.82 Å². The van der Waals surface area contributed by atoms with E-state index >= 15 is 0 Å². The number of carbonyl (C=O) groups is 1. The van der Waals surface area contributed by atoms with Crippen LogP contribution in [0.1, 0.15) is 59.3 Å². The molecular formula is C31H34FN7O3. The molecule has 3 heterocycles. The zero-order chi connectivity index (χ0) is 29.4. The Morgan fingerprint density at radius 3 is 2.64 bits per heavy atom. The molecule has 0 spiro atoms. The maximum Gasteiger partial charge on any atom is 0.263 e. The van der Waals surface area contributed by atoms with Gasteiger partial charge in [-0.15, -0.1) is 10.2 Å². The molecule has 0 atom stereocenters. The highest BCUT2D eigenvalue weighted by Crippen LogP contribution is 2.42. The summed E-state index contributed by atoms with van der Waals surface area (Å²) in [4.78, 5) is 33.9. The first-order valence-corrected chi connectivity index (χ1v) is 14.2. The van der Waals surface area contributed by atoms with Crippen LogP contribution in [0.5, 0.6) is 0 Å². The van der Waals surface area contributed by atoms with Crippen molar-refractivity contribution < 1.29 is 13.9 Å². The molecule has 0 unspecified atom stereocenters. The summed E-state index contributed by atoms with van der Waals surface area (Å²) in [5.41, 5.74) is 3.60. The quantitative estimate of drug-likeness (QED) is 0.285. The summed E-state index contributed by atoms with van der Waals surface area (Å²) in [7, 11) is 5.44. The first-order chi connectivity index (χ1) is 20.3. The number of nitrogens with zero attached hydrogens (tertiary/aromatic N) is 6. The van der Waals surface area contributed by atoms with E-state index in [4.69, 9.17) is 9.72 Å². The molecule has 42 heavy (non-hydrogen) atoms. The number of halogens is 1. The van der Waals surface area contributed by atoms with Crippen molar-refractivity contribution in [3.05, 3.63) is 81.9 Å². The van der Waals surface area contributed by atoms with Gasteiger partial charge >= 0.3 is 0 Å². The Bertz CT molecular complexity index is 1690. The number of ether oxygens (including phenoxy) is 1. The molecule has 1 aromatic carbocycles. The van der Waals surface area contributed by atoms with Crippen LogP contribution < -0.4 is 10.9 Å². The van der Waals surface area contributed by atoms with Crippen LogP contribution in [0.2, 0.25) is 0 Å². The van der Waals surface area contributed by atoms with Crippen molar-refractivity contribution in [2.75, 3.05) is 32.6 Å². The summed E-state index contributed by atoms with van der Waals surface area (Å²) < 4.78 is 23.0. The molecule has 2 aliphatic rings. The SMILES string of the molecule is COCCN(C)Cc1cc(C(=O)Nc2cc(-c3ccc(F)cc3-c3nncn3C)cc(C3CC3)n2)c(=O)n(C2CC2)c1. The average Bonchev–Trinajstić information content (AvgIpc) is 3.90. The standard InChI is InChI=1S/C31H34FN7O3/c1-37(10-11-42-3)16-19-12-26(31(41)39(17-19)23-7-8-23)30(40)35-28-14-21(13-27(34-28)20-4-5-20)24-9-6-22(32)15-25(24)29-36-33-18-38(29)2/h6,9,12-15,17-18,20,23H,4-5,7-8,10-11,16H2,1-3H3,(H,34,35,40). The fraction of sp³-hybridized carbons (Fsp3) is 0.387. The van der Waals surface area contributed by atoms with Crippen molar-refractivity contribution in [2.45, 2.75) is 44.2 Å². The van der Waals surface area contributed by atoms with Gasteiger partial charge in [-0.2, -0.15) is 0 Å². The van der Waals surface area contributed by atoms with Crippen molar-refractivity contribution in [3.63, 3.8) is 0 Å². The molecule has 6 rings (SSSR count). The van der Waals surface area contributed by atoms with E-state index in [1.807, 2.05) is 19.3 Å². The summed E-state index contributed by atoms with van der Waals surface area (Å²) in [6, 6.07) is 10.1. The molecule has 0 aliphatic heterocycles. The van der Waals surface area contributed by atoms with Gasteiger partial charge in [0.2, 0.25) is 0 Å². The minimum Gasteiger partial charge on any atom is -0.383 e. The molecule has 2 saturated carbocycles. The minimum atomic E-state index is -0.505. The Morgan fingerprint density at radius 1 is 1.14 bits per heavy atom. The second-order valence-electron chi connectivity index (χ2n) is 11.3. The van der Waals surface area contributed by atoms with Gasteiger partial charge in [0, 0.05) is 56.7 Å². The predicted molar refractivity (Wildman–Crippen MR) is 157 cm³/mol. The zero-order valence-corrected chi connectivity index (χ0v) is 24.0. The second-order valence-corrected chi connectivity index (χ2v) is 11.3. The first-order valence-electron chi connectivity index (χ1n) is 14.2. The Hall–Kier alpha value is -4.22. The Kier molecular flexibility index (Phi) is 7.70. The largest absolute Gasteiger partial charge is 0.383 e. The van der Waals surface area contributed by atoms with E-state index in [0.29, 0.717) is 30.4 Å². The highest BCUT2D eigenvalue weighted by atomic mass is 19.1. The Morgan fingerprint density at radius 2 is 1.95 bits per heavy atom. The van der Waals surface area contributed by atoms with Crippen LogP contribution in [0.3, 0.4) is 0 Å². The molecule has 11 heteroatoms. The predicted octanol–water partition coefficient (Wildman–Crippen LogP) is 4.39. The summed E-state index contributed by atoms with van der Waals surface area (Å²) in [6.45, 7) is 1.89. The highest BCUT2D eigenvalue weighted by molar-refractivity contribution is 6.04. The highest BCUT2D eigenvalue weighted by Gasteiger charge is 2.29. The van der Waals surface area contributed by atoms with Gasteiger partial charge in [-0.25, -0.2) is 9.37 Å². The molecule has 3 aromatic heterocycles. The van der Waals surface area contributed by atoms with Crippen molar-refractivity contribution in [2.24, 2.45) is 7.05 Å². The van der Waals surface area contributed by atoms with E-state index < -0.39 is 5.91 Å². The number of carbonyl (C=O) groups excluding carboxylic acids is 1. The van der Waals surface area contributed by atoms with E-state index in [2.05, 4.69) is 20.4 Å². The molecule has 1 N–H and O–H groups in total. The minimum absolute atomic E-state index is 0.0845. The van der Waals surface area contributed by atoms with Gasteiger partial charge in [0.25, 0.3) is 11.5 Å². The molecule has 0 bridgehead atoms. The number of anilines is 1. The zero-order valence-electron chi connectivity index (χ0n) is 24.0. The van der Waals surface area contributed by atoms with Gasteiger partial charge in [-0.3, -0.25) is 14.5 Å². The molecule has 2 fully saturated rings. The lowest BCUT2D eigenvalue weighted by atomic mass is 9.98. The van der Waals surface area contributed by atoms with E-state index in [1.54, 1.807) is 47.8 Å². The lowest BCUT2D eigenvalue weighted by Gasteiger charge is -2.18. The molecule has 0 radical (unpaired) electrons. The van der Waals surface area contributed by atoms with Crippen LogP contribution in [0.15, 0.2) is 53.7 Å². The normalized spacial score (nSPS) is 14.9. The first kappa shape index (κ1) is 27.9. The van der Waals surface area contributed by atoms with Crippen LogP contribution in [0.4, 0.5) is 10.2 Å². The van der Waals surface area contributed by atoms with Crippen molar-refractivity contribution in [1.82, 2.24) is 29.2 Å². The number of hydrogen-bond acceptors (Lipinski definition) is 7. The number of likely N-dealkylation sites (N-methyl/N-ethyl adjacent to an activating group) is 1. The third-order valence-corrected chi connectivity index (χ3v) is 7.74. The molecule has 10 nitrogen and oxygen atoms in total. The number of pyridine rings is 2. The Balaban J connectivity index is 1.35. The summed E-state index contributed by atoms with van der Waals surface area (Å²) >= 11 is 0. The van der Waals surface area contributed by atoms with Crippen LogP contribution in [-0.2, 0) is 18.3 Å². The van der Waals surface area contributed by atoms with Gasteiger partial charge in [-0.05, 0) is 79.8 Å². The van der Waals surface area contributed by atoms with Gasteiger partial charge in [0.1, 0.15) is 23.5 Å². The molecule has 218 valence electrons. The summed E-state index contributed by atoms with van der Waals surface area (Å²) in [6.07, 6.45) is 7.29. The molecule has 0 saturated heterocycles. The second kappa shape index (κ2) is 11.6. The van der Waals surface area contributed by atoms with Gasteiger partial charge in [-0.1, -0.05) is 6.07 Å². The number of amides is 1. The van der Waals surface area contributed by atoms with Crippen molar-refractivity contribution >= 4 is 11.7 Å². The molecule has 2 aliphatic carbocycles. The van der Waals surface area contributed by atoms with Crippen molar-refractivity contribution in [1.29, 1.82) is 0 Å². The van der Waals surface area contributed by atoms with E-state index in [0.717, 1.165) is 54.6 Å². The third-order valence-electron chi connectivity index (χ3n) is 7.74. The fourth-order valence-corrected chi connectivity index (χ4v) is 5.20. The molecule has 4 aromatic rings. The van der Waals surface area contributed by atoms with Crippen LogP contribution in [0, 0.1) is 5.82 Å². The molecular weight excluding hydrogens is 537 g/mol. The third kappa shape index (κ3) is 6.02. The number of hydrogen-bond donors (Lipinski definition) is 1. The summed E-state index contributed by atoms with van der Waals surface area (Å²) in [5, 5.41) is 11.1. The van der Waals surface area contributed by atoms with Crippen LogP contribution >= 0.6 is 0 Å². The maximum absolute atomic E-state index is 14.4. The fourth-order valence-electron chi connectivity index (χ4n) is 5.20. The number of benzene rings is 1. The number of methoxy groups -OCH3 is 1. The number of rotatable bonds is 11. The van der Waals surface area contributed by atoms with E-state index in [9.17, 15) is 14.0 Å². The maximum atomic E-state index is 14.4. The molecule has 1 amide bonds.